The van der Waals surface area contributed by atoms with Crippen molar-refractivity contribution in [2.75, 3.05) is 4.90 Å². The van der Waals surface area contributed by atoms with Crippen LogP contribution < -0.4 is 23.8 Å². The molecule has 0 radical (unpaired) electrons. The van der Waals surface area contributed by atoms with Crippen LogP contribution in [0.15, 0.2) is 147 Å². The van der Waals surface area contributed by atoms with Crippen LogP contribution in [0.3, 0.4) is 0 Å². The zero-order valence-corrected chi connectivity index (χ0v) is 24.0. The predicted octanol–water partition coefficient (Wildman–Crippen LogP) is 9.23. The number of carbonyl (C=O) groups is 2. The fourth-order valence-electron chi connectivity index (χ4n) is 4.21. The van der Waals surface area contributed by atoms with Gasteiger partial charge in [-0.1, -0.05) is 30.9 Å². The van der Waals surface area contributed by atoms with E-state index in [4.69, 9.17) is 18.9 Å². The van der Waals surface area contributed by atoms with Gasteiger partial charge in [-0.3, -0.25) is 0 Å². The van der Waals surface area contributed by atoms with E-state index >= 15 is 0 Å². The molecule has 0 spiro atoms. The first kappa shape index (κ1) is 29.4. The summed E-state index contributed by atoms with van der Waals surface area (Å²) in [6.45, 7) is 8.85. The molecule has 0 N–H and O–H groups in total. The van der Waals surface area contributed by atoms with Crippen LogP contribution >= 0.6 is 0 Å². The molecule has 5 rings (SSSR count). The summed E-state index contributed by atoms with van der Waals surface area (Å²) < 4.78 is 22.2. The van der Waals surface area contributed by atoms with Crippen LogP contribution in [-0.2, 0) is 9.59 Å². The molecule has 218 valence electrons. The number of hydrogen-bond acceptors (Lipinski definition) is 7. The molecule has 5 aromatic rings. The molecule has 0 saturated heterocycles. The molecular weight excluding hydrogens is 554 g/mol. The molecule has 0 heterocycles. The molecule has 0 atom stereocenters. The lowest BCUT2D eigenvalue weighted by molar-refractivity contribution is -0.129. The van der Waals surface area contributed by atoms with E-state index < -0.39 is 11.9 Å². The minimum Gasteiger partial charge on any atom is -0.457 e. The van der Waals surface area contributed by atoms with Gasteiger partial charge in [0.05, 0.1) is 0 Å². The van der Waals surface area contributed by atoms with Crippen LogP contribution in [0.25, 0.3) is 0 Å². The lowest BCUT2D eigenvalue weighted by Crippen LogP contribution is -2.09. The van der Waals surface area contributed by atoms with Gasteiger partial charge >= 0.3 is 11.9 Å². The van der Waals surface area contributed by atoms with Gasteiger partial charge < -0.3 is 23.8 Å². The maximum Gasteiger partial charge on any atom is 0.335 e. The fourth-order valence-corrected chi connectivity index (χ4v) is 4.21. The van der Waals surface area contributed by atoms with Gasteiger partial charge in [-0.15, -0.1) is 0 Å². The third-order valence-electron chi connectivity index (χ3n) is 6.37. The van der Waals surface area contributed by atoms with Crippen molar-refractivity contribution in [3.63, 3.8) is 0 Å². The van der Waals surface area contributed by atoms with E-state index in [9.17, 15) is 9.59 Å². The third kappa shape index (κ3) is 7.60. The summed E-state index contributed by atoms with van der Waals surface area (Å²) in [5.41, 5.74) is 4.03. The van der Waals surface area contributed by atoms with Crippen molar-refractivity contribution in [2.24, 2.45) is 0 Å². The van der Waals surface area contributed by atoms with Gasteiger partial charge in [0, 0.05) is 29.2 Å². The lowest BCUT2D eigenvalue weighted by atomic mass is 10.1. The Balaban J connectivity index is 1.32. The van der Waals surface area contributed by atoms with Crippen LogP contribution in [0.1, 0.15) is 5.56 Å². The number of esters is 2. The van der Waals surface area contributed by atoms with E-state index in [-0.39, 0.29) is 0 Å². The van der Waals surface area contributed by atoms with Crippen molar-refractivity contribution >= 4 is 29.0 Å². The molecule has 7 heteroatoms. The van der Waals surface area contributed by atoms with E-state index in [1.165, 1.54) is 0 Å². The summed E-state index contributed by atoms with van der Waals surface area (Å²) in [5, 5.41) is 0. The van der Waals surface area contributed by atoms with Gasteiger partial charge in [-0.2, -0.15) is 0 Å². The number of aryl methyl sites for hydroxylation is 1. The predicted molar refractivity (Wildman–Crippen MR) is 171 cm³/mol. The topological polar surface area (TPSA) is 74.3 Å². The highest BCUT2D eigenvalue weighted by Crippen LogP contribution is 2.37. The van der Waals surface area contributed by atoms with Gasteiger partial charge in [0.25, 0.3) is 0 Å². The standard InChI is InChI=1S/C37H29NO6/c1-4-36(39)43-34-22-18-32(19-23-34)41-30-14-10-28(11-15-30)38(27-8-6-26(3)7-9-27)29-12-16-31(17-13-29)42-33-20-24-35(25-21-33)44-37(40)5-2/h4-25H,1-2H2,3H3. The smallest absolute Gasteiger partial charge is 0.335 e. The normalized spacial score (nSPS) is 10.3. The van der Waals surface area contributed by atoms with E-state index in [2.05, 4.69) is 49.2 Å². The highest BCUT2D eigenvalue weighted by atomic mass is 16.5. The highest BCUT2D eigenvalue weighted by Gasteiger charge is 2.13. The van der Waals surface area contributed by atoms with Crippen LogP contribution in [0.4, 0.5) is 17.1 Å². The van der Waals surface area contributed by atoms with Gasteiger partial charge in [0.2, 0.25) is 0 Å². The van der Waals surface area contributed by atoms with Gasteiger partial charge in [0.1, 0.15) is 34.5 Å². The Bertz CT molecular complexity index is 1630. The molecular formula is C37H29NO6. The Morgan fingerprint density at radius 2 is 0.750 bits per heavy atom. The maximum absolute atomic E-state index is 11.4. The van der Waals surface area contributed by atoms with Crippen LogP contribution in [0, 0.1) is 6.92 Å². The number of ether oxygens (including phenoxy) is 4. The zero-order chi connectivity index (χ0) is 30.9. The minimum absolute atomic E-state index is 0.409. The van der Waals surface area contributed by atoms with Gasteiger partial charge in [0.15, 0.2) is 0 Å². The molecule has 0 aliphatic heterocycles. The Hall–Kier alpha value is -6.08. The minimum atomic E-state index is -0.519. The van der Waals surface area contributed by atoms with E-state index in [0.29, 0.717) is 34.5 Å². The van der Waals surface area contributed by atoms with Crippen molar-refractivity contribution in [1.82, 2.24) is 0 Å². The van der Waals surface area contributed by atoms with E-state index in [1.807, 2.05) is 48.5 Å². The molecule has 0 bridgehead atoms. The van der Waals surface area contributed by atoms with Crippen molar-refractivity contribution in [3.05, 3.63) is 152 Å². The Morgan fingerprint density at radius 1 is 0.477 bits per heavy atom. The summed E-state index contributed by atoms with van der Waals surface area (Å²) >= 11 is 0. The molecule has 0 unspecified atom stereocenters. The fraction of sp³-hybridized carbons (Fsp3) is 0.0270. The number of benzene rings is 5. The highest BCUT2D eigenvalue weighted by molar-refractivity contribution is 5.84. The zero-order valence-electron chi connectivity index (χ0n) is 24.0. The summed E-state index contributed by atoms with van der Waals surface area (Å²) in [5.74, 6) is 2.30. The molecule has 0 aromatic heterocycles. The van der Waals surface area contributed by atoms with Crippen molar-refractivity contribution in [3.8, 4) is 34.5 Å². The molecule has 0 fully saturated rings. The first-order chi connectivity index (χ1) is 21.4. The Labute approximate surface area is 255 Å². The number of nitrogens with zero attached hydrogens (tertiary/aromatic N) is 1. The van der Waals surface area contributed by atoms with Crippen molar-refractivity contribution < 1.29 is 28.5 Å². The number of carbonyl (C=O) groups excluding carboxylic acids is 2. The lowest BCUT2D eigenvalue weighted by Gasteiger charge is -2.26. The second-order valence-corrected chi connectivity index (χ2v) is 9.56. The first-order valence-corrected chi connectivity index (χ1v) is 13.7. The van der Waals surface area contributed by atoms with E-state index in [0.717, 1.165) is 34.8 Å². The van der Waals surface area contributed by atoms with Crippen LogP contribution in [0.5, 0.6) is 34.5 Å². The molecule has 7 nitrogen and oxygen atoms in total. The second kappa shape index (κ2) is 13.7. The SMILES string of the molecule is C=CC(=O)Oc1ccc(Oc2ccc(N(c3ccc(C)cc3)c3ccc(Oc4ccc(OC(=O)C=C)cc4)cc3)cc2)cc1. The molecule has 44 heavy (non-hydrogen) atoms. The van der Waals surface area contributed by atoms with Gasteiger partial charge in [-0.25, -0.2) is 9.59 Å². The van der Waals surface area contributed by atoms with Crippen LogP contribution in [-0.4, -0.2) is 11.9 Å². The van der Waals surface area contributed by atoms with Crippen LogP contribution in [0.2, 0.25) is 0 Å². The van der Waals surface area contributed by atoms with E-state index in [1.54, 1.807) is 48.5 Å². The van der Waals surface area contributed by atoms with Gasteiger partial charge in [-0.05, 0) is 116 Å². The third-order valence-corrected chi connectivity index (χ3v) is 6.37. The first-order valence-electron chi connectivity index (χ1n) is 13.7. The quantitative estimate of drug-likeness (QED) is 0.0872. The summed E-state index contributed by atoms with van der Waals surface area (Å²) in [4.78, 5) is 24.9. The number of anilines is 3. The Kier molecular flexibility index (Phi) is 9.17. The number of hydrogen-bond donors (Lipinski definition) is 0. The van der Waals surface area contributed by atoms with Crippen molar-refractivity contribution in [2.45, 2.75) is 6.92 Å². The monoisotopic (exact) mass is 583 g/mol. The largest absolute Gasteiger partial charge is 0.457 e. The summed E-state index contributed by atoms with van der Waals surface area (Å²) in [6.07, 6.45) is 2.23. The maximum atomic E-state index is 11.4. The van der Waals surface area contributed by atoms with Crippen molar-refractivity contribution in [1.29, 1.82) is 0 Å². The summed E-state index contributed by atoms with van der Waals surface area (Å²) in [7, 11) is 0. The molecule has 5 aromatic carbocycles. The second-order valence-electron chi connectivity index (χ2n) is 9.56. The molecule has 0 amide bonds. The number of rotatable bonds is 11. The Morgan fingerprint density at radius 3 is 1.07 bits per heavy atom. The average Bonchev–Trinajstić information content (AvgIpc) is 3.05. The molecule has 0 aliphatic carbocycles. The average molecular weight is 584 g/mol. The molecule has 0 saturated carbocycles. The summed E-state index contributed by atoms with van der Waals surface area (Å²) in [6, 6.07) is 37.4. The molecule has 0 aliphatic rings.